The number of aromatic hydroxyl groups is 1. The molecule has 6 aromatic rings. The van der Waals surface area contributed by atoms with E-state index in [9.17, 15) is 5.11 Å². The van der Waals surface area contributed by atoms with E-state index in [1.165, 1.54) is 0 Å². The van der Waals surface area contributed by atoms with Gasteiger partial charge in [-0.2, -0.15) is 0 Å². The number of aromatic nitrogens is 3. The van der Waals surface area contributed by atoms with Crippen LogP contribution in [0.3, 0.4) is 0 Å². The predicted molar refractivity (Wildman–Crippen MR) is 146 cm³/mol. The Hall–Kier alpha value is -5.23. The maximum absolute atomic E-state index is 10.5. The van der Waals surface area contributed by atoms with Crippen LogP contribution in [0, 0.1) is 0 Å². The second-order valence-corrected chi connectivity index (χ2v) is 8.45. The van der Waals surface area contributed by atoms with E-state index in [0.717, 1.165) is 38.8 Å². The van der Waals surface area contributed by atoms with Crippen LogP contribution in [-0.2, 0) is 0 Å². The average Bonchev–Trinajstić information content (AvgIpc) is 2.96. The molecule has 0 radical (unpaired) electrons. The first-order chi connectivity index (χ1) is 18.3. The van der Waals surface area contributed by atoms with Gasteiger partial charge in [0.1, 0.15) is 11.4 Å². The summed E-state index contributed by atoms with van der Waals surface area (Å²) in [5.41, 5.74) is 4.40. The van der Waals surface area contributed by atoms with Gasteiger partial charge in [-0.1, -0.05) is 66.7 Å². The molecule has 0 fully saturated rings. The van der Waals surface area contributed by atoms with E-state index in [-0.39, 0.29) is 5.75 Å². The molecule has 6 nitrogen and oxygen atoms in total. The Labute approximate surface area is 213 Å². The van der Waals surface area contributed by atoms with Gasteiger partial charge in [0.15, 0.2) is 17.3 Å². The standard InChI is InChI=1S/C31H22N4O2/c36-28-12-6-11-25(21-17-19-32-20-18-21)30(28)37-24-15-13-23(14-16-24)33-31-27-10-5-4-9-26(27)29(34-35-31)22-7-2-1-3-8-22/h1-20,36H,(H,33,35). The molecule has 0 atom stereocenters. The summed E-state index contributed by atoms with van der Waals surface area (Å²) in [5.74, 6) is 1.72. The third-order valence-electron chi connectivity index (χ3n) is 6.06. The van der Waals surface area contributed by atoms with Crippen LogP contribution >= 0.6 is 0 Å². The Morgan fingerprint density at radius 3 is 2.14 bits per heavy atom. The van der Waals surface area contributed by atoms with Crippen molar-refractivity contribution in [1.82, 2.24) is 15.2 Å². The average molecular weight is 483 g/mol. The summed E-state index contributed by atoms with van der Waals surface area (Å²) in [4.78, 5) is 4.07. The highest BCUT2D eigenvalue weighted by Gasteiger charge is 2.14. The van der Waals surface area contributed by atoms with Gasteiger partial charge in [-0.05, 0) is 48.0 Å². The first-order valence-corrected chi connectivity index (χ1v) is 11.8. The van der Waals surface area contributed by atoms with Crippen LogP contribution in [0.2, 0.25) is 0 Å². The second kappa shape index (κ2) is 9.79. The van der Waals surface area contributed by atoms with Gasteiger partial charge < -0.3 is 15.2 Å². The summed E-state index contributed by atoms with van der Waals surface area (Å²) in [6.07, 6.45) is 3.42. The van der Waals surface area contributed by atoms with Gasteiger partial charge in [0.2, 0.25) is 0 Å². The van der Waals surface area contributed by atoms with Crippen molar-refractivity contribution in [1.29, 1.82) is 0 Å². The lowest BCUT2D eigenvalue weighted by molar-refractivity contribution is 0.412. The number of ether oxygens (including phenoxy) is 1. The lowest BCUT2D eigenvalue weighted by Crippen LogP contribution is -1.99. The maximum atomic E-state index is 10.5. The molecule has 2 aromatic heterocycles. The van der Waals surface area contributed by atoms with Gasteiger partial charge in [-0.3, -0.25) is 4.98 Å². The van der Waals surface area contributed by atoms with E-state index < -0.39 is 0 Å². The zero-order chi connectivity index (χ0) is 25.0. The molecule has 4 aromatic carbocycles. The van der Waals surface area contributed by atoms with Gasteiger partial charge in [-0.15, -0.1) is 10.2 Å². The summed E-state index contributed by atoms with van der Waals surface area (Å²) < 4.78 is 6.11. The number of anilines is 2. The molecule has 0 spiro atoms. The molecule has 0 unspecified atom stereocenters. The smallest absolute Gasteiger partial charge is 0.176 e. The summed E-state index contributed by atoms with van der Waals surface area (Å²) in [6.45, 7) is 0. The lowest BCUT2D eigenvalue weighted by Gasteiger charge is -2.14. The van der Waals surface area contributed by atoms with Crippen molar-refractivity contribution in [3.63, 3.8) is 0 Å². The Kier molecular flexibility index (Phi) is 5.89. The van der Waals surface area contributed by atoms with Crippen LogP contribution in [0.1, 0.15) is 0 Å². The van der Waals surface area contributed by atoms with Crippen molar-refractivity contribution in [3.05, 3.63) is 122 Å². The van der Waals surface area contributed by atoms with Gasteiger partial charge in [0.25, 0.3) is 0 Å². The van der Waals surface area contributed by atoms with Crippen molar-refractivity contribution in [2.45, 2.75) is 0 Å². The van der Waals surface area contributed by atoms with Crippen molar-refractivity contribution in [2.75, 3.05) is 5.32 Å². The number of phenols is 1. The van der Waals surface area contributed by atoms with Crippen LogP contribution in [0.4, 0.5) is 11.5 Å². The van der Waals surface area contributed by atoms with Crippen molar-refractivity contribution in [2.24, 2.45) is 0 Å². The summed E-state index contributed by atoms with van der Waals surface area (Å²) >= 11 is 0. The fraction of sp³-hybridized carbons (Fsp3) is 0. The van der Waals surface area contributed by atoms with Gasteiger partial charge in [0, 0.05) is 40.0 Å². The Balaban J connectivity index is 1.27. The van der Waals surface area contributed by atoms with E-state index in [0.29, 0.717) is 17.3 Å². The molecular formula is C31H22N4O2. The highest BCUT2D eigenvalue weighted by Crippen LogP contribution is 2.40. The van der Waals surface area contributed by atoms with Gasteiger partial charge in [-0.25, -0.2) is 0 Å². The summed E-state index contributed by atoms with van der Waals surface area (Å²) in [7, 11) is 0. The van der Waals surface area contributed by atoms with E-state index >= 15 is 0 Å². The third-order valence-corrected chi connectivity index (χ3v) is 6.06. The van der Waals surface area contributed by atoms with Crippen LogP contribution in [0.15, 0.2) is 122 Å². The molecule has 6 heteroatoms. The van der Waals surface area contributed by atoms with E-state index in [1.807, 2.05) is 91.0 Å². The molecule has 0 aliphatic rings. The quantitative estimate of drug-likeness (QED) is 0.254. The first-order valence-electron chi connectivity index (χ1n) is 11.8. The van der Waals surface area contributed by atoms with Crippen LogP contribution in [0.5, 0.6) is 17.2 Å². The number of rotatable bonds is 6. The van der Waals surface area contributed by atoms with Crippen LogP contribution < -0.4 is 10.1 Å². The Bertz CT molecular complexity index is 1670. The number of para-hydroxylation sites is 1. The molecule has 6 rings (SSSR count). The highest BCUT2D eigenvalue weighted by atomic mass is 16.5. The zero-order valence-electron chi connectivity index (χ0n) is 19.7. The lowest BCUT2D eigenvalue weighted by atomic mass is 10.0. The molecule has 2 N–H and O–H groups in total. The van der Waals surface area contributed by atoms with Gasteiger partial charge >= 0.3 is 0 Å². The van der Waals surface area contributed by atoms with Crippen molar-refractivity contribution in [3.8, 4) is 39.6 Å². The second-order valence-electron chi connectivity index (χ2n) is 8.45. The van der Waals surface area contributed by atoms with Crippen LogP contribution in [0.25, 0.3) is 33.2 Å². The molecule has 178 valence electrons. The number of hydrogen-bond donors (Lipinski definition) is 2. The molecular weight excluding hydrogens is 460 g/mol. The number of pyridine rings is 1. The summed E-state index contributed by atoms with van der Waals surface area (Å²) in [5, 5.41) is 24.9. The molecule has 0 amide bonds. The van der Waals surface area contributed by atoms with E-state index in [1.54, 1.807) is 24.5 Å². The largest absolute Gasteiger partial charge is 0.504 e. The third kappa shape index (κ3) is 4.56. The molecule has 2 heterocycles. The van der Waals surface area contributed by atoms with E-state index in [4.69, 9.17) is 4.74 Å². The minimum atomic E-state index is 0.0664. The number of nitrogens with zero attached hydrogens (tertiary/aromatic N) is 3. The Morgan fingerprint density at radius 1 is 0.622 bits per heavy atom. The fourth-order valence-electron chi connectivity index (χ4n) is 4.26. The maximum Gasteiger partial charge on any atom is 0.176 e. The number of fused-ring (bicyclic) bond motifs is 1. The fourth-order valence-corrected chi connectivity index (χ4v) is 4.26. The Morgan fingerprint density at radius 2 is 1.35 bits per heavy atom. The summed E-state index contributed by atoms with van der Waals surface area (Å²) in [6, 6.07) is 34.7. The molecule has 0 aliphatic heterocycles. The molecule has 37 heavy (non-hydrogen) atoms. The molecule has 0 saturated carbocycles. The monoisotopic (exact) mass is 482 g/mol. The predicted octanol–water partition coefficient (Wildman–Crippen LogP) is 7.60. The SMILES string of the molecule is Oc1cccc(-c2ccncc2)c1Oc1ccc(Nc2nnc(-c3ccccc3)c3ccccc23)cc1. The normalized spacial score (nSPS) is 10.8. The number of benzene rings is 4. The number of phenolic OH excluding ortho intramolecular Hbond substituents is 1. The molecule has 0 aliphatic carbocycles. The van der Waals surface area contributed by atoms with Crippen molar-refractivity contribution >= 4 is 22.3 Å². The zero-order valence-corrected chi connectivity index (χ0v) is 19.7. The topological polar surface area (TPSA) is 80.2 Å². The van der Waals surface area contributed by atoms with Gasteiger partial charge in [0.05, 0.1) is 0 Å². The highest BCUT2D eigenvalue weighted by molar-refractivity contribution is 6.00. The van der Waals surface area contributed by atoms with Crippen molar-refractivity contribution < 1.29 is 9.84 Å². The number of hydrogen-bond acceptors (Lipinski definition) is 6. The number of nitrogens with one attached hydrogen (secondary N) is 1. The minimum Gasteiger partial charge on any atom is -0.504 e. The first kappa shape index (κ1) is 22.2. The molecule has 0 saturated heterocycles. The van der Waals surface area contributed by atoms with Crippen LogP contribution in [-0.4, -0.2) is 20.3 Å². The van der Waals surface area contributed by atoms with E-state index in [2.05, 4.69) is 26.6 Å². The minimum absolute atomic E-state index is 0.0664. The molecule has 0 bridgehead atoms.